The van der Waals surface area contributed by atoms with Gasteiger partial charge < -0.3 is 4.90 Å². The number of carbonyl (C=O) groups excluding carboxylic acids is 2. The van der Waals surface area contributed by atoms with Crippen LogP contribution in [-0.2, 0) is 17.4 Å². The highest BCUT2D eigenvalue weighted by Crippen LogP contribution is 2.30. The number of urea groups is 1. The zero-order valence-electron chi connectivity index (χ0n) is 16.2. The van der Waals surface area contributed by atoms with Gasteiger partial charge in [0.15, 0.2) is 5.78 Å². The van der Waals surface area contributed by atoms with Gasteiger partial charge in [0.1, 0.15) is 0 Å². The molecule has 0 unspecified atom stereocenters. The second kappa shape index (κ2) is 8.55. The summed E-state index contributed by atoms with van der Waals surface area (Å²) in [6, 6.07) is 2.32. The standard InChI is InChI=1S/C19H19ClF3N5O2/c1-11(2)16-10-28(17-25-7-12(8-26-17)19(21,22)23)18(30)27(16)9-15(29)6-14-5-13(20)3-4-24-14/h3-5,7-8,11,16H,6,9-10H2,1-2H3/t16-/m1/s1. The largest absolute Gasteiger partial charge is 0.419 e. The molecule has 0 aromatic carbocycles. The Hall–Kier alpha value is -2.75. The number of anilines is 1. The van der Waals surface area contributed by atoms with Crippen molar-refractivity contribution in [3.8, 4) is 0 Å². The fourth-order valence-electron chi connectivity index (χ4n) is 3.18. The van der Waals surface area contributed by atoms with Crippen LogP contribution in [0.5, 0.6) is 0 Å². The molecule has 1 saturated heterocycles. The van der Waals surface area contributed by atoms with Gasteiger partial charge in [0.05, 0.1) is 31.1 Å². The monoisotopic (exact) mass is 441 g/mol. The van der Waals surface area contributed by atoms with Crippen LogP contribution in [0.2, 0.25) is 5.02 Å². The summed E-state index contributed by atoms with van der Waals surface area (Å²) in [6.45, 7) is 3.80. The average Bonchev–Trinajstić information content (AvgIpc) is 2.98. The first-order chi connectivity index (χ1) is 14.1. The van der Waals surface area contributed by atoms with Gasteiger partial charge in [-0.3, -0.25) is 14.7 Å². The molecule has 11 heteroatoms. The van der Waals surface area contributed by atoms with Gasteiger partial charge in [0, 0.05) is 29.3 Å². The number of hydrogen-bond acceptors (Lipinski definition) is 5. The predicted molar refractivity (Wildman–Crippen MR) is 103 cm³/mol. The van der Waals surface area contributed by atoms with Gasteiger partial charge in [0.2, 0.25) is 5.95 Å². The van der Waals surface area contributed by atoms with E-state index in [4.69, 9.17) is 11.6 Å². The third kappa shape index (κ3) is 4.86. The molecule has 0 N–H and O–H groups in total. The highest BCUT2D eigenvalue weighted by molar-refractivity contribution is 6.30. The Kier molecular flexibility index (Phi) is 6.25. The van der Waals surface area contributed by atoms with Crippen molar-refractivity contribution in [2.24, 2.45) is 5.92 Å². The quantitative estimate of drug-likeness (QED) is 0.684. The van der Waals surface area contributed by atoms with E-state index < -0.39 is 17.8 Å². The molecule has 1 aliphatic heterocycles. The molecule has 2 amide bonds. The van der Waals surface area contributed by atoms with Crippen molar-refractivity contribution in [2.45, 2.75) is 32.5 Å². The summed E-state index contributed by atoms with van der Waals surface area (Å²) in [6.07, 6.45) is -1.80. The van der Waals surface area contributed by atoms with Crippen LogP contribution in [0.15, 0.2) is 30.7 Å². The minimum absolute atomic E-state index is 0.00509. The van der Waals surface area contributed by atoms with Crippen LogP contribution in [0.25, 0.3) is 0 Å². The smallest absolute Gasteiger partial charge is 0.312 e. The van der Waals surface area contributed by atoms with Gasteiger partial charge in [-0.1, -0.05) is 25.4 Å². The van der Waals surface area contributed by atoms with Crippen LogP contribution >= 0.6 is 11.6 Å². The van der Waals surface area contributed by atoms with E-state index in [1.54, 1.807) is 12.1 Å². The van der Waals surface area contributed by atoms with Gasteiger partial charge >= 0.3 is 12.2 Å². The molecular weight excluding hydrogens is 423 g/mol. The summed E-state index contributed by atoms with van der Waals surface area (Å²) in [4.78, 5) is 39.5. The summed E-state index contributed by atoms with van der Waals surface area (Å²) in [5, 5.41) is 0.454. The van der Waals surface area contributed by atoms with E-state index in [1.165, 1.54) is 16.0 Å². The highest BCUT2D eigenvalue weighted by Gasteiger charge is 2.42. The highest BCUT2D eigenvalue weighted by atomic mass is 35.5. The number of carbonyl (C=O) groups is 2. The Morgan fingerprint density at radius 3 is 2.50 bits per heavy atom. The van der Waals surface area contributed by atoms with Gasteiger partial charge in [-0.15, -0.1) is 0 Å². The van der Waals surface area contributed by atoms with Crippen LogP contribution in [0.4, 0.5) is 23.9 Å². The van der Waals surface area contributed by atoms with E-state index >= 15 is 0 Å². The summed E-state index contributed by atoms with van der Waals surface area (Å²) >= 11 is 5.91. The van der Waals surface area contributed by atoms with Crippen LogP contribution in [0, 0.1) is 5.92 Å². The van der Waals surface area contributed by atoms with E-state index in [2.05, 4.69) is 15.0 Å². The Morgan fingerprint density at radius 1 is 1.27 bits per heavy atom. The summed E-state index contributed by atoms with van der Waals surface area (Å²) in [7, 11) is 0. The third-order valence-electron chi connectivity index (χ3n) is 4.73. The molecule has 1 atom stereocenters. The Labute approximate surface area is 175 Å². The number of hydrogen-bond donors (Lipinski definition) is 0. The number of rotatable bonds is 6. The fraction of sp³-hybridized carbons (Fsp3) is 0.421. The molecule has 7 nitrogen and oxygen atoms in total. The summed E-state index contributed by atoms with van der Waals surface area (Å²) in [5.41, 5.74) is -0.512. The number of alkyl halides is 3. The molecule has 0 aliphatic carbocycles. The van der Waals surface area contributed by atoms with E-state index in [0.717, 1.165) is 0 Å². The number of ketones is 1. The first-order valence-electron chi connectivity index (χ1n) is 9.15. The van der Waals surface area contributed by atoms with Gasteiger partial charge in [-0.05, 0) is 18.1 Å². The lowest BCUT2D eigenvalue weighted by atomic mass is 10.0. The fourth-order valence-corrected chi connectivity index (χ4v) is 3.37. The Balaban J connectivity index is 1.75. The summed E-state index contributed by atoms with van der Waals surface area (Å²) < 4.78 is 38.2. The van der Waals surface area contributed by atoms with Gasteiger partial charge in [-0.2, -0.15) is 13.2 Å². The Bertz CT molecular complexity index is 937. The zero-order chi connectivity index (χ0) is 22.1. The molecule has 30 heavy (non-hydrogen) atoms. The summed E-state index contributed by atoms with van der Waals surface area (Å²) in [5.74, 6) is -0.366. The normalized spacial score (nSPS) is 17.2. The lowest BCUT2D eigenvalue weighted by Gasteiger charge is -2.25. The molecule has 1 aliphatic rings. The average molecular weight is 442 g/mol. The van der Waals surface area contributed by atoms with E-state index in [1.807, 2.05) is 13.8 Å². The minimum atomic E-state index is -4.57. The molecule has 0 bridgehead atoms. The second-order valence-electron chi connectivity index (χ2n) is 7.28. The number of Topliss-reactive ketones (excluding diaryl/α,β-unsaturated/α-hetero) is 1. The molecule has 0 spiro atoms. The molecular formula is C19H19ClF3N5O2. The molecule has 160 valence electrons. The number of pyridine rings is 1. The zero-order valence-corrected chi connectivity index (χ0v) is 17.0. The maximum Gasteiger partial charge on any atom is 0.419 e. The van der Waals surface area contributed by atoms with Crippen molar-refractivity contribution in [2.75, 3.05) is 18.0 Å². The lowest BCUT2D eigenvalue weighted by Crippen LogP contribution is -2.41. The predicted octanol–water partition coefficient (Wildman–Crippen LogP) is 3.62. The molecule has 0 radical (unpaired) electrons. The lowest BCUT2D eigenvalue weighted by molar-refractivity contribution is -0.138. The van der Waals surface area contributed by atoms with Gasteiger partial charge in [0.25, 0.3) is 0 Å². The minimum Gasteiger partial charge on any atom is -0.312 e. The maximum absolute atomic E-state index is 12.9. The number of amides is 2. The first-order valence-corrected chi connectivity index (χ1v) is 9.53. The van der Waals surface area contributed by atoms with Crippen molar-refractivity contribution in [1.82, 2.24) is 19.9 Å². The molecule has 1 fully saturated rings. The van der Waals surface area contributed by atoms with Crippen molar-refractivity contribution in [1.29, 1.82) is 0 Å². The third-order valence-corrected chi connectivity index (χ3v) is 4.96. The van der Waals surface area contributed by atoms with E-state index in [9.17, 15) is 22.8 Å². The molecule has 3 rings (SSSR count). The second-order valence-corrected chi connectivity index (χ2v) is 7.72. The number of nitrogens with zero attached hydrogens (tertiary/aromatic N) is 5. The molecule has 3 heterocycles. The number of halogens is 4. The van der Waals surface area contributed by atoms with Crippen LogP contribution < -0.4 is 4.90 Å². The van der Waals surface area contributed by atoms with Crippen molar-refractivity contribution >= 4 is 29.4 Å². The topological polar surface area (TPSA) is 79.3 Å². The van der Waals surface area contributed by atoms with E-state index in [0.29, 0.717) is 23.1 Å². The van der Waals surface area contributed by atoms with E-state index in [-0.39, 0.29) is 43.2 Å². The SMILES string of the molecule is CC(C)[C@H]1CN(c2ncc(C(F)(F)F)cn2)C(=O)N1CC(=O)Cc1cc(Cl)ccn1. The molecule has 2 aromatic heterocycles. The maximum atomic E-state index is 12.9. The van der Waals surface area contributed by atoms with Gasteiger partial charge in [-0.25, -0.2) is 14.8 Å². The Morgan fingerprint density at radius 2 is 1.93 bits per heavy atom. The molecule has 0 saturated carbocycles. The first kappa shape index (κ1) is 21.9. The number of aromatic nitrogens is 3. The van der Waals surface area contributed by atoms with Crippen molar-refractivity contribution in [3.05, 3.63) is 47.0 Å². The van der Waals surface area contributed by atoms with Crippen LogP contribution in [0.3, 0.4) is 0 Å². The molecule has 2 aromatic rings. The van der Waals surface area contributed by atoms with Crippen molar-refractivity contribution in [3.63, 3.8) is 0 Å². The van der Waals surface area contributed by atoms with Crippen LogP contribution in [-0.4, -0.2) is 50.8 Å². The van der Waals surface area contributed by atoms with Crippen LogP contribution in [0.1, 0.15) is 25.1 Å². The van der Waals surface area contributed by atoms with Crippen molar-refractivity contribution < 1.29 is 22.8 Å².